The highest BCUT2D eigenvalue weighted by Gasteiger charge is 2.30. The molecule has 0 fully saturated rings. The van der Waals surface area contributed by atoms with Crippen LogP contribution < -0.4 is 15.1 Å². The summed E-state index contributed by atoms with van der Waals surface area (Å²) in [6.07, 6.45) is 1.09. The summed E-state index contributed by atoms with van der Waals surface area (Å²) in [5, 5.41) is 8.44. The van der Waals surface area contributed by atoms with Crippen LogP contribution >= 0.6 is 31.8 Å². The third kappa shape index (κ3) is 5.22. The number of ether oxygens (including phenoxy) is 1. The Balaban J connectivity index is 0.000000178. The van der Waals surface area contributed by atoms with Crippen molar-refractivity contribution in [3.05, 3.63) is 57.9 Å². The zero-order valence-electron chi connectivity index (χ0n) is 16.7. The molecule has 0 aliphatic carbocycles. The van der Waals surface area contributed by atoms with Crippen LogP contribution in [0.3, 0.4) is 0 Å². The van der Waals surface area contributed by atoms with E-state index in [4.69, 9.17) is 38.1 Å². The van der Waals surface area contributed by atoms with Crippen LogP contribution in [0.1, 0.15) is 38.6 Å². The highest BCUT2D eigenvalue weighted by molar-refractivity contribution is 7.28. The largest absolute Gasteiger partial charge is 0.484 e. The lowest BCUT2D eigenvalue weighted by Gasteiger charge is -2.23. The molecule has 2 N–H and O–H groups in total. The van der Waals surface area contributed by atoms with Crippen molar-refractivity contribution >= 4 is 49.2 Å². The molecule has 0 saturated heterocycles. The molecule has 3 aromatic rings. The number of benzene rings is 2. The molecule has 0 amide bonds. The Morgan fingerprint density at radius 2 is 1.90 bits per heavy atom. The molecule has 0 unspecified atom stereocenters. The van der Waals surface area contributed by atoms with Gasteiger partial charge in [-0.3, -0.25) is 4.67 Å². The molecule has 4 rings (SSSR count). The average Bonchev–Trinajstić information content (AvgIpc) is 3.28. The molecule has 7 nitrogen and oxygen atoms in total. The second kappa shape index (κ2) is 9.21. The summed E-state index contributed by atoms with van der Waals surface area (Å²) in [6.45, 7) is 6.72. The van der Waals surface area contributed by atoms with E-state index in [-0.39, 0.29) is 26.6 Å². The summed E-state index contributed by atoms with van der Waals surface area (Å²) in [4.78, 5) is 0. The minimum atomic E-state index is -0.0378. The minimum Gasteiger partial charge on any atom is -0.484 e. The van der Waals surface area contributed by atoms with Gasteiger partial charge in [-0.2, -0.15) is 0 Å². The maximum Gasteiger partial charge on any atom is 0.312 e. The molecule has 30 heavy (non-hydrogen) atoms. The van der Waals surface area contributed by atoms with Gasteiger partial charge >= 0.3 is 6.01 Å². The van der Waals surface area contributed by atoms with Crippen molar-refractivity contribution in [2.45, 2.75) is 39.2 Å². The van der Waals surface area contributed by atoms with Gasteiger partial charge in [-0.05, 0) is 41.7 Å². The molecule has 0 spiro atoms. The standard InChI is InChI=1S/C11H14Cl2.C9H7N4O3P/c1-4-11(2,3)8-5-6-9(12)10(13)7-8;10-9-12-11-8(16-9)4-15-5-1-2-6-7(3-5)13(6)17-14/h5-7H,4H2,1-3H3;1-3H,4H2,(H2,10,12). The Morgan fingerprint density at radius 3 is 2.50 bits per heavy atom. The lowest BCUT2D eigenvalue weighted by Crippen LogP contribution is -2.15. The van der Waals surface area contributed by atoms with Crippen LogP contribution in [0.5, 0.6) is 5.75 Å². The molecule has 0 radical (unpaired) electrons. The van der Waals surface area contributed by atoms with E-state index in [2.05, 4.69) is 31.0 Å². The van der Waals surface area contributed by atoms with E-state index >= 15 is 0 Å². The molecule has 2 aromatic carbocycles. The van der Waals surface area contributed by atoms with Crippen LogP contribution in [-0.2, 0) is 16.6 Å². The topological polar surface area (TPSA) is 94.3 Å². The predicted octanol–water partition coefficient (Wildman–Crippen LogP) is 6.57. The Labute approximate surface area is 186 Å². The van der Waals surface area contributed by atoms with Crippen LogP contribution in [-0.4, -0.2) is 10.2 Å². The van der Waals surface area contributed by atoms with Gasteiger partial charge in [0.1, 0.15) is 5.75 Å². The van der Waals surface area contributed by atoms with Gasteiger partial charge in [0.25, 0.3) is 14.5 Å². The molecule has 0 bridgehead atoms. The Bertz CT molecular complexity index is 1060. The maximum absolute atomic E-state index is 10.7. The first-order valence-corrected chi connectivity index (χ1v) is 10.7. The van der Waals surface area contributed by atoms with Gasteiger partial charge in [-0.15, -0.1) is 5.10 Å². The number of hydrogen-bond acceptors (Lipinski definition) is 6. The van der Waals surface area contributed by atoms with Gasteiger partial charge in [0.05, 0.1) is 21.4 Å². The van der Waals surface area contributed by atoms with E-state index in [9.17, 15) is 4.57 Å². The maximum atomic E-state index is 10.7. The summed E-state index contributed by atoms with van der Waals surface area (Å²) in [6, 6.07) is 11.3. The monoisotopic (exact) mass is 466 g/mol. The fraction of sp³-hybridized carbons (Fsp3) is 0.300. The smallest absolute Gasteiger partial charge is 0.312 e. The second-order valence-corrected chi connectivity index (χ2v) is 8.61. The summed E-state index contributed by atoms with van der Waals surface area (Å²) < 4.78 is 22.7. The zero-order valence-corrected chi connectivity index (χ0v) is 19.1. The number of anilines is 3. The van der Waals surface area contributed by atoms with Gasteiger partial charge in [-0.1, -0.05) is 55.1 Å². The third-order valence-corrected chi connectivity index (χ3v) is 6.20. The Kier molecular flexibility index (Phi) is 6.86. The molecule has 158 valence electrons. The number of halogens is 2. The van der Waals surface area contributed by atoms with Crippen LogP contribution in [0.2, 0.25) is 10.0 Å². The van der Waals surface area contributed by atoms with Gasteiger partial charge in [0.2, 0.25) is 0 Å². The first-order chi connectivity index (χ1) is 14.2. The van der Waals surface area contributed by atoms with Crippen molar-refractivity contribution in [2.24, 2.45) is 0 Å². The Hall–Kier alpha value is -2.34. The molecule has 10 heteroatoms. The summed E-state index contributed by atoms with van der Waals surface area (Å²) in [5.41, 5.74) is 8.53. The number of nitrogen functional groups attached to an aromatic ring is 1. The molecular weight excluding hydrogens is 446 g/mol. The number of nitrogens with two attached hydrogens (primary N) is 1. The van der Waals surface area contributed by atoms with Gasteiger partial charge < -0.3 is 14.9 Å². The fourth-order valence-corrected chi connectivity index (χ4v) is 3.34. The van der Waals surface area contributed by atoms with Gasteiger partial charge in [0.15, 0.2) is 6.61 Å². The summed E-state index contributed by atoms with van der Waals surface area (Å²) in [5.74, 6) is 0.956. The van der Waals surface area contributed by atoms with Crippen molar-refractivity contribution in [1.82, 2.24) is 10.2 Å². The van der Waals surface area contributed by atoms with Crippen molar-refractivity contribution in [3.63, 3.8) is 0 Å². The number of fused-ring (bicyclic) bond motifs is 1. The molecule has 1 aromatic heterocycles. The zero-order chi connectivity index (χ0) is 21.9. The van der Waals surface area contributed by atoms with E-state index in [0.717, 1.165) is 17.8 Å². The number of rotatable bonds is 6. The lowest BCUT2D eigenvalue weighted by atomic mass is 9.82. The van der Waals surface area contributed by atoms with Crippen molar-refractivity contribution in [3.8, 4) is 5.75 Å². The highest BCUT2D eigenvalue weighted by atomic mass is 35.5. The van der Waals surface area contributed by atoms with Gasteiger partial charge in [0, 0.05) is 6.07 Å². The summed E-state index contributed by atoms with van der Waals surface area (Å²) in [7, 11) is -0.0378. The SMILES string of the molecule is CCC(C)(C)c1ccc(Cl)c(Cl)c1.Nc1nnc(COc2ccc3c(c2)N3P=O)o1. The number of aromatic nitrogens is 2. The molecule has 0 atom stereocenters. The van der Waals surface area contributed by atoms with Crippen molar-refractivity contribution in [1.29, 1.82) is 0 Å². The lowest BCUT2D eigenvalue weighted by molar-refractivity contribution is 0.265. The van der Waals surface area contributed by atoms with E-state index in [0.29, 0.717) is 21.7 Å². The van der Waals surface area contributed by atoms with E-state index in [1.807, 2.05) is 24.3 Å². The number of nitrogens with zero attached hydrogens (tertiary/aromatic N) is 3. The quantitative estimate of drug-likeness (QED) is 0.324. The number of hydrogen-bond donors (Lipinski definition) is 1. The third-order valence-electron chi connectivity index (χ3n) is 4.86. The molecular formula is C20H21Cl2N4O3P. The van der Waals surface area contributed by atoms with Crippen LogP contribution in [0.25, 0.3) is 0 Å². The summed E-state index contributed by atoms with van der Waals surface area (Å²) >= 11 is 11.8. The molecule has 2 heterocycles. The fourth-order valence-electron chi connectivity index (χ4n) is 2.59. The molecule has 1 aliphatic heterocycles. The second-order valence-electron chi connectivity index (χ2n) is 7.23. The van der Waals surface area contributed by atoms with Crippen molar-refractivity contribution < 1.29 is 13.7 Å². The molecule has 1 aliphatic rings. The predicted molar refractivity (Wildman–Crippen MR) is 119 cm³/mol. The normalized spacial score (nSPS) is 12.2. The molecule has 0 saturated carbocycles. The van der Waals surface area contributed by atoms with Crippen LogP contribution in [0, 0.1) is 0 Å². The van der Waals surface area contributed by atoms with Gasteiger partial charge in [-0.25, -0.2) is 4.57 Å². The van der Waals surface area contributed by atoms with Crippen molar-refractivity contribution in [2.75, 3.05) is 10.4 Å². The van der Waals surface area contributed by atoms with Crippen LogP contribution in [0.4, 0.5) is 17.4 Å². The Morgan fingerprint density at radius 1 is 1.13 bits per heavy atom. The highest BCUT2D eigenvalue weighted by Crippen LogP contribution is 2.53. The minimum absolute atomic E-state index is 0.0142. The average molecular weight is 467 g/mol. The van der Waals surface area contributed by atoms with E-state index in [1.54, 1.807) is 16.8 Å². The van der Waals surface area contributed by atoms with E-state index < -0.39 is 0 Å². The first-order valence-electron chi connectivity index (χ1n) is 9.18. The van der Waals surface area contributed by atoms with Crippen LogP contribution in [0.15, 0.2) is 40.8 Å². The van der Waals surface area contributed by atoms with E-state index in [1.165, 1.54) is 5.56 Å². The first kappa shape index (κ1) is 22.3.